The maximum Gasteiger partial charge on any atom is 0.225 e. The third-order valence-electron chi connectivity index (χ3n) is 2.34. The Labute approximate surface area is 116 Å². The molecule has 0 aliphatic rings. The highest BCUT2D eigenvalue weighted by Gasteiger charge is 2.10. The van der Waals surface area contributed by atoms with Crippen LogP contribution in [0, 0.1) is 0 Å². The molecule has 0 aromatic heterocycles. The van der Waals surface area contributed by atoms with E-state index in [1.165, 1.54) is 4.90 Å². The lowest BCUT2D eigenvalue weighted by Crippen LogP contribution is -2.33. The molecule has 0 radical (unpaired) electrons. The first-order chi connectivity index (χ1) is 8.49. The van der Waals surface area contributed by atoms with Crippen LogP contribution in [0.4, 0.5) is 0 Å². The van der Waals surface area contributed by atoms with Gasteiger partial charge in [-0.25, -0.2) is 0 Å². The van der Waals surface area contributed by atoms with Crippen LogP contribution in [0.3, 0.4) is 0 Å². The van der Waals surface area contributed by atoms with Gasteiger partial charge in [0.2, 0.25) is 5.91 Å². The average Bonchev–Trinajstić information content (AvgIpc) is 2.28. The van der Waals surface area contributed by atoms with Crippen LogP contribution in [0.25, 0.3) is 0 Å². The van der Waals surface area contributed by atoms with Crippen molar-refractivity contribution in [2.24, 2.45) is 0 Å². The summed E-state index contributed by atoms with van der Waals surface area (Å²) in [7, 11) is 1.67. The van der Waals surface area contributed by atoms with E-state index in [1.807, 2.05) is 24.3 Å². The first-order valence-corrected chi connectivity index (χ1v) is 6.58. The zero-order valence-corrected chi connectivity index (χ0v) is 12.2. The Morgan fingerprint density at radius 1 is 1.56 bits per heavy atom. The molecule has 1 amide bonds. The molecule has 0 saturated carbocycles. The molecule has 0 fully saturated rings. The molecule has 1 aromatic rings. The SMILES string of the molecule is CC(O)CN(C)C(=O)CCOc1cccc(Br)c1. The van der Waals surface area contributed by atoms with Crippen LogP contribution in [0.15, 0.2) is 28.7 Å². The van der Waals surface area contributed by atoms with E-state index in [2.05, 4.69) is 15.9 Å². The van der Waals surface area contributed by atoms with Gasteiger partial charge in [0.05, 0.1) is 19.1 Å². The molecule has 0 spiro atoms. The second-order valence-corrected chi connectivity index (χ2v) is 5.09. The summed E-state index contributed by atoms with van der Waals surface area (Å²) in [5.74, 6) is 0.696. The fourth-order valence-electron chi connectivity index (χ4n) is 1.50. The highest BCUT2D eigenvalue weighted by molar-refractivity contribution is 9.10. The van der Waals surface area contributed by atoms with Gasteiger partial charge < -0.3 is 14.7 Å². The molecule has 1 aromatic carbocycles. The molecular weight excluding hydrogens is 298 g/mol. The van der Waals surface area contributed by atoms with E-state index < -0.39 is 6.10 Å². The second-order valence-electron chi connectivity index (χ2n) is 4.18. The highest BCUT2D eigenvalue weighted by atomic mass is 79.9. The Morgan fingerprint density at radius 3 is 2.89 bits per heavy atom. The molecule has 1 unspecified atom stereocenters. The number of carbonyl (C=O) groups excluding carboxylic acids is 1. The number of amides is 1. The quantitative estimate of drug-likeness (QED) is 0.874. The number of halogens is 1. The lowest BCUT2D eigenvalue weighted by atomic mass is 10.3. The number of aliphatic hydroxyl groups is 1. The van der Waals surface area contributed by atoms with E-state index in [-0.39, 0.29) is 5.91 Å². The zero-order chi connectivity index (χ0) is 13.5. The van der Waals surface area contributed by atoms with Crippen LogP contribution < -0.4 is 4.74 Å². The third kappa shape index (κ3) is 5.51. The number of likely N-dealkylation sites (N-methyl/N-ethyl adjacent to an activating group) is 1. The number of hydrogen-bond donors (Lipinski definition) is 1. The van der Waals surface area contributed by atoms with Gasteiger partial charge in [-0.3, -0.25) is 4.79 Å². The van der Waals surface area contributed by atoms with E-state index in [1.54, 1.807) is 14.0 Å². The van der Waals surface area contributed by atoms with E-state index in [9.17, 15) is 9.90 Å². The monoisotopic (exact) mass is 315 g/mol. The summed E-state index contributed by atoms with van der Waals surface area (Å²) in [5, 5.41) is 9.18. The van der Waals surface area contributed by atoms with Gasteiger partial charge in [-0.15, -0.1) is 0 Å². The number of rotatable bonds is 6. The Morgan fingerprint density at radius 2 is 2.28 bits per heavy atom. The molecule has 0 aliphatic heterocycles. The summed E-state index contributed by atoms with van der Waals surface area (Å²) >= 11 is 3.35. The van der Waals surface area contributed by atoms with Crippen molar-refractivity contribution >= 4 is 21.8 Å². The largest absolute Gasteiger partial charge is 0.493 e. The third-order valence-corrected chi connectivity index (χ3v) is 2.84. The number of aliphatic hydroxyl groups excluding tert-OH is 1. The van der Waals surface area contributed by atoms with E-state index >= 15 is 0 Å². The van der Waals surface area contributed by atoms with Crippen LogP contribution in [0.5, 0.6) is 5.75 Å². The molecule has 4 nitrogen and oxygen atoms in total. The summed E-state index contributed by atoms with van der Waals surface area (Å²) in [5.41, 5.74) is 0. The highest BCUT2D eigenvalue weighted by Crippen LogP contribution is 2.17. The summed E-state index contributed by atoms with van der Waals surface area (Å²) < 4.78 is 6.41. The van der Waals surface area contributed by atoms with Gasteiger partial charge in [0.25, 0.3) is 0 Å². The molecule has 0 saturated heterocycles. The van der Waals surface area contributed by atoms with Crippen molar-refractivity contribution in [3.05, 3.63) is 28.7 Å². The minimum absolute atomic E-state index is 0.0362. The lowest BCUT2D eigenvalue weighted by Gasteiger charge is -2.18. The Bertz CT molecular complexity index is 396. The predicted molar refractivity (Wildman–Crippen MR) is 73.6 cm³/mol. The zero-order valence-electron chi connectivity index (χ0n) is 10.6. The number of benzene rings is 1. The normalized spacial score (nSPS) is 12.0. The summed E-state index contributed by atoms with van der Waals surface area (Å²) in [4.78, 5) is 13.2. The van der Waals surface area contributed by atoms with Gasteiger partial charge >= 0.3 is 0 Å². The molecule has 0 bridgehead atoms. The number of carbonyl (C=O) groups is 1. The van der Waals surface area contributed by atoms with E-state index in [4.69, 9.17) is 4.74 Å². The van der Waals surface area contributed by atoms with Crippen LogP contribution >= 0.6 is 15.9 Å². The van der Waals surface area contributed by atoms with Crippen molar-refractivity contribution in [3.8, 4) is 5.75 Å². The number of nitrogens with zero attached hydrogens (tertiary/aromatic N) is 1. The maximum atomic E-state index is 11.7. The van der Waals surface area contributed by atoms with Gasteiger partial charge in [0, 0.05) is 18.1 Å². The molecule has 0 aliphatic carbocycles. The van der Waals surface area contributed by atoms with Crippen molar-refractivity contribution in [1.29, 1.82) is 0 Å². The van der Waals surface area contributed by atoms with Gasteiger partial charge in [0.1, 0.15) is 5.75 Å². The van der Waals surface area contributed by atoms with Crippen LogP contribution in [-0.2, 0) is 4.79 Å². The molecule has 0 heterocycles. The van der Waals surface area contributed by atoms with Gasteiger partial charge in [-0.1, -0.05) is 22.0 Å². The standard InChI is InChI=1S/C13H18BrNO3/c1-10(16)9-15(2)13(17)6-7-18-12-5-3-4-11(14)8-12/h3-5,8,10,16H,6-7,9H2,1-2H3. The molecule has 100 valence electrons. The molecule has 1 N–H and O–H groups in total. The van der Waals surface area contributed by atoms with Gasteiger partial charge in [-0.2, -0.15) is 0 Å². The smallest absolute Gasteiger partial charge is 0.225 e. The van der Waals surface area contributed by atoms with Crippen molar-refractivity contribution in [2.75, 3.05) is 20.2 Å². The average molecular weight is 316 g/mol. The minimum atomic E-state index is -0.509. The molecule has 5 heteroatoms. The Balaban J connectivity index is 2.31. The summed E-state index contributed by atoms with van der Waals surface area (Å²) in [6.07, 6.45) is -0.208. The van der Waals surface area contributed by atoms with Crippen molar-refractivity contribution in [2.45, 2.75) is 19.4 Å². The first-order valence-electron chi connectivity index (χ1n) is 5.79. The van der Waals surface area contributed by atoms with E-state index in [0.717, 1.165) is 10.2 Å². The molecular formula is C13H18BrNO3. The topological polar surface area (TPSA) is 49.8 Å². The second kappa shape index (κ2) is 7.38. The van der Waals surface area contributed by atoms with Gasteiger partial charge in [0.15, 0.2) is 0 Å². The maximum absolute atomic E-state index is 11.7. The summed E-state index contributed by atoms with van der Waals surface area (Å²) in [6, 6.07) is 7.48. The fraction of sp³-hybridized carbons (Fsp3) is 0.462. The van der Waals surface area contributed by atoms with Crippen molar-refractivity contribution < 1.29 is 14.6 Å². The lowest BCUT2D eigenvalue weighted by molar-refractivity contribution is -0.131. The van der Waals surface area contributed by atoms with Crippen LogP contribution in [0.1, 0.15) is 13.3 Å². The molecule has 1 atom stereocenters. The van der Waals surface area contributed by atoms with Gasteiger partial charge in [-0.05, 0) is 25.1 Å². The number of ether oxygens (including phenoxy) is 1. The first kappa shape index (κ1) is 15.0. The van der Waals surface area contributed by atoms with Crippen molar-refractivity contribution in [3.63, 3.8) is 0 Å². The Hall–Kier alpha value is -1.07. The van der Waals surface area contributed by atoms with E-state index in [0.29, 0.717) is 19.6 Å². The van der Waals surface area contributed by atoms with Crippen molar-refractivity contribution in [1.82, 2.24) is 4.90 Å². The Kier molecular flexibility index (Phi) is 6.15. The fourth-order valence-corrected chi connectivity index (χ4v) is 1.88. The van der Waals surface area contributed by atoms with Crippen LogP contribution in [-0.4, -0.2) is 42.2 Å². The minimum Gasteiger partial charge on any atom is -0.493 e. The van der Waals surface area contributed by atoms with Crippen LogP contribution in [0.2, 0.25) is 0 Å². The molecule has 1 rings (SSSR count). The molecule has 18 heavy (non-hydrogen) atoms. The predicted octanol–water partition coefficient (Wildman–Crippen LogP) is 2.06. The summed E-state index contributed by atoms with van der Waals surface area (Å²) in [6.45, 7) is 2.33. The number of hydrogen-bond acceptors (Lipinski definition) is 3.